The number of carbonyl (C=O) groups excluding carboxylic acids is 2. The van der Waals surface area contributed by atoms with Crippen molar-refractivity contribution >= 4 is 23.9 Å². The maximum Gasteiger partial charge on any atom is 0.396 e. The second-order valence-corrected chi connectivity index (χ2v) is 3.85. The highest BCUT2D eigenvalue weighted by Gasteiger charge is 2.38. The van der Waals surface area contributed by atoms with Crippen LogP contribution in [0.4, 0.5) is 6.01 Å². The molecule has 0 aromatic carbocycles. The van der Waals surface area contributed by atoms with Gasteiger partial charge in [-0.3, -0.25) is 14.5 Å². The Morgan fingerprint density at radius 2 is 2.26 bits per heavy atom. The van der Waals surface area contributed by atoms with Gasteiger partial charge in [0, 0.05) is 13.0 Å². The molecule has 2 rings (SSSR count). The third-order valence-electron chi connectivity index (χ3n) is 2.57. The molecule has 1 N–H and O–H groups in total. The van der Waals surface area contributed by atoms with Crippen LogP contribution in [0.3, 0.4) is 0 Å². The molecule has 1 saturated heterocycles. The number of carboxylic acid groups (broad SMARTS) is 1. The van der Waals surface area contributed by atoms with Gasteiger partial charge < -0.3 is 14.3 Å². The van der Waals surface area contributed by atoms with E-state index in [0.717, 1.165) is 4.90 Å². The molecule has 1 atom stereocenters. The SMILES string of the molecule is CCOC(=O)c1nnc(N2CC(C(=O)O)CC2=O)o1. The van der Waals surface area contributed by atoms with Crippen LogP contribution in [0.25, 0.3) is 0 Å². The molecule has 1 aliphatic rings. The molecule has 9 nitrogen and oxygen atoms in total. The summed E-state index contributed by atoms with van der Waals surface area (Å²) in [5, 5.41) is 15.8. The van der Waals surface area contributed by atoms with Crippen LogP contribution < -0.4 is 4.90 Å². The Balaban J connectivity index is 2.13. The highest BCUT2D eigenvalue weighted by Crippen LogP contribution is 2.24. The maximum atomic E-state index is 11.6. The number of amides is 1. The van der Waals surface area contributed by atoms with Crippen LogP contribution in [0.1, 0.15) is 24.0 Å². The van der Waals surface area contributed by atoms with Gasteiger partial charge in [0.25, 0.3) is 0 Å². The highest BCUT2D eigenvalue weighted by atomic mass is 16.5. The van der Waals surface area contributed by atoms with Crippen LogP contribution >= 0.6 is 0 Å². The van der Waals surface area contributed by atoms with E-state index in [4.69, 9.17) is 9.52 Å². The number of aliphatic carboxylic acids is 1. The van der Waals surface area contributed by atoms with Gasteiger partial charge in [-0.15, -0.1) is 0 Å². The molecule has 0 saturated carbocycles. The van der Waals surface area contributed by atoms with Gasteiger partial charge in [-0.2, -0.15) is 0 Å². The monoisotopic (exact) mass is 269 g/mol. The summed E-state index contributed by atoms with van der Waals surface area (Å²) in [5.41, 5.74) is 0. The van der Waals surface area contributed by atoms with Crippen LogP contribution in [0, 0.1) is 5.92 Å². The lowest BCUT2D eigenvalue weighted by molar-refractivity contribution is -0.141. The Kier molecular flexibility index (Phi) is 3.45. The summed E-state index contributed by atoms with van der Waals surface area (Å²) in [5.74, 6) is -3.48. The fraction of sp³-hybridized carbons (Fsp3) is 0.500. The van der Waals surface area contributed by atoms with E-state index >= 15 is 0 Å². The standard InChI is InChI=1S/C10H11N3O6/c1-2-18-9(17)7-11-12-10(19-7)13-4-5(8(15)16)3-6(13)14/h5H,2-4H2,1H3,(H,15,16). The second kappa shape index (κ2) is 5.04. The molecular weight excluding hydrogens is 258 g/mol. The highest BCUT2D eigenvalue weighted by molar-refractivity contribution is 5.97. The number of anilines is 1. The van der Waals surface area contributed by atoms with Gasteiger partial charge in [-0.25, -0.2) is 4.79 Å². The van der Waals surface area contributed by atoms with Crippen LogP contribution in [-0.4, -0.2) is 46.3 Å². The van der Waals surface area contributed by atoms with E-state index in [0.29, 0.717) is 0 Å². The summed E-state index contributed by atoms with van der Waals surface area (Å²) in [6, 6.07) is -0.197. The first-order valence-corrected chi connectivity index (χ1v) is 5.56. The summed E-state index contributed by atoms with van der Waals surface area (Å²) in [4.78, 5) is 34.8. The number of carbonyl (C=O) groups is 3. The summed E-state index contributed by atoms with van der Waals surface area (Å²) in [6.07, 6.45) is -0.132. The molecule has 1 unspecified atom stereocenters. The van der Waals surface area contributed by atoms with E-state index in [1.54, 1.807) is 6.92 Å². The second-order valence-electron chi connectivity index (χ2n) is 3.85. The van der Waals surface area contributed by atoms with Crippen LogP contribution in [0.5, 0.6) is 0 Å². The van der Waals surface area contributed by atoms with Crippen molar-refractivity contribution in [3.63, 3.8) is 0 Å². The fourth-order valence-electron chi connectivity index (χ4n) is 1.66. The Morgan fingerprint density at radius 3 is 2.84 bits per heavy atom. The number of nitrogens with zero attached hydrogens (tertiary/aromatic N) is 3. The van der Waals surface area contributed by atoms with Gasteiger partial charge in [0.1, 0.15) is 0 Å². The van der Waals surface area contributed by atoms with Crippen molar-refractivity contribution in [1.82, 2.24) is 10.2 Å². The van der Waals surface area contributed by atoms with E-state index < -0.39 is 23.8 Å². The van der Waals surface area contributed by atoms with Crippen molar-refractivity contribution in [3.8, 4) is 0 Å². The lowest BCUT2D eigenvalue weighted by atomic mass is 10.1. The fourth-order valence-corrected chi connectivity index (χ4v) is 1.66. The summed E-state index contributed by atoms with van der Waals surface area (Å²) >= 11 is 0. The minimum Gasteiger partial charge on any atom is -0.481 e. The number of carboxylic acids is 1. The Bertz CT molecular complexity index is 525. The first-order valence-electron chi connectivity index (χ1n) is 5.56. The third-order valence-corrected chi connectivity index (χ3v) is 2.57. The van der Waals surface area contributed by atoms with Crippen molar-refractivity contribution in [1.29, 1.82) is 0 Å². The van der Waals surface area contributed by atoms with Gasteiger partial charge in [0.2, 0.25) is 5.91 Å². The topological polar surface area (TPSA) is 123 Å². The predicted molar refractivity (Wildman–Crippen MR) is 58.4 cm³/mol. The molecule has 1 fully saturated rings. The van der Waals surface area contributed by atoms with Crippen molar-refractivity contribution < 1.29 is 28.6 Å². The molecular formula is C10H11N3O6. The molecule has 19 heavy (non-hydrogen) atoms. The largest absolute Gasteiger partial charge is 0.481 e. The van der Waals surface area contributed by atoms with E-state index in [-0.39, 0.29) is 31.5 Å². The van der Waals surface area contributed by atoms with Crippen LogP contribution in [-0.2, 0) is 14.3 Å². The normalized spacial score (nSPS) is 18.7. The smallest absolute Gasteiger partial charge is 0.396 e. The quantitative estimate of drug-likeness (QED) is 0.738. The molecule has 0 spiro atoms. The molecule has 1 aromatic rings. The van der Waals surface area contributed by atoms with Crippen molar-refractivity contribution in [2.24, 2.45) is 5.92 Å². The number of hydrogen-bond acceptors (Lipinski definition) is 7. The molecule has 1 amide bonds. The zero-order valence-corrected chi connectivity index (χ0v) is 10.0. The zero-order valence-electron chi connectivity index (χ0n) is 10.0. The Morgan fingerprint density at radius 1 is 1.53 bits per heavy atom. The molecule has 1 aliphatic heterocycles. The number of rotatable bonds is 4. The first-order chi connectivity index (χ1) is 9.02. The van der Waals surface area contributed by atoms with Crippen molar-refractivity contribution in [2.75, 3.05) is 18.1 Å². The van der Waals surface area contributed by atoms with Crippen LogP contribution in [0.15, 0.2) is 4.42 Å². The van der Waals surface area contributed by atoms with Crippen molar-refractivity contribution in [3.05, 3.63) is 5.89 Å². The van der Waals surface area contributed by atoms with E-state index in [2.05, 4.69) is 14.9 Å². The predicted octanol–water partition coefficient (Wildman–Crippen LogP) is -0.316. The minimum atomic E-state index is -1.07. The first kappa shape index (κ1) is 13.0. The number of hydrogen-bond donors (Lipinski definition) is 1. The molecule has 0 radical (unpaired) electrons. The van der Waals surface area contributed by atoms with Gasteiger partial charge >= 0.3 is 23.8 Å². The minimum absolute atomic E-state index is 0.0569. The average Bonchev–Trinajstić information content (AvgIpc) is 2.95. The molecule has 1 aromatic heterocycles. The number of ether oxygens (including phenoxy) is 1. The molecule has 0 aliphatic carbocycles. The lowest BCUT2D eigenvalue weighted by Crippen LogP contribution is -2.26. The molecule has 0 bridgehead atoms. The molecule has 102 valence electrons. The van der Waals surface area contributed by atoms with E-state index in [1.165, 1.54) is 0 Å². The average molecular weight is 269 g/mol. The van der Waals surface area contributed by atoms with Gasteiger partial charge in [-0.1, -0.05) is 10.2 Å². The molecule has 2 heterocycles. The summed E-state index contributed by atoms with van der Waals surface area (Å²) in [6.45, 7) is 1.72. The summed E-state index contributed by atoms with van der Waals surface area (Å²) in [7, 11) is 0. The van der Waals surface area contributed by atoms with Crippen molar-refractivity contribution in [2.45, 2.75) is 13.3 Å². The van der Waals surface area contributed by atoms with Gasteiger partial charge in [-0.05, 0) is 6.92 Å². The van der Waals surface area contributed by atoms with E-state index in [9.17, 15) is 14.4 Å². The Labute approximate surface area is 107 Å². The maximum absolute atomic E-state index is 11.6. The van der Waals surface area contributed by atoms with Gasteiger partial charge in [0.05, 0.1) is 12.5 Å². The Hall–Kier alpha value is -2.45. The number of esters is 1. The molecule has 9 heteroatoms. The lowest BCUT2D eigenvalue weighted by Gasteiger charge is -2.08. The zero-order chi connectivity index (χ0) is 14.0. The van der Waals surface area contributed by atoms with E-state index in [1.807, 2.05) is 0 Å². The van der Waals surface area contributed by atoms with Crippen LogP contribution in [0.2, 0.25) is 0 Å². The van der Waals surface area contributed by atoms with Gasteiger partial charge in [0.15, 0.2) is 0 Å². The number of aromatic nitrogens is 2. The third kappa shape index (κ3) is 2.54. The summed E-state index contributed by atoms with van der Waals surface area (Å²) < 4.78 is 9.65.